The fourth-order valence-corrected chi connectivity index (χ4v) is 4.34. The third kappa shape index (κ3) is 3.52. The first-order valence-electron chi connectivity index (χ1n) is 8.68. The topological polar surface area (TPSA) is 84.3 Å². The van der Waals surface area contributed by atoms with Gasteiger partial charge in [-0.25, -0.2) is 18.1 Å². The molecular weight excluding hydrogens is 352 g/mol. The van der Waals surface area contributed by atoms with Crippen LogP contribution in [-0.4, -0.2) is 31.6 Å². The van der Waals surface area contributed by atoms with Crippen LogP contribution in [-0.2, 0) is 29.5 Å². The van der Waals surface area contributed by atoms with Gasteiger partial charge < -0.3 is 9.47 Å². The fourth-order valence-electron chi connectivity index (χ4n) is 3.31. The molecular formula is C18H24N4O3S. The van der Waals surface area contributed by atoms with Crippen molar-refractivity contribution in [3.63, 3.8) is 0 Å². The highest BCUT2D eigenvalue weighted by Gasteiger charge is 2.26. The summed E-state index contributed by atoms with van der Waals surface area (Å²) < 4.78 is 28.5. The van der Waals surface area contributed by atoms with Gasteiger partial charge in [0.25, 0.3) is 5.56 Å². The molecule has 0 amide bonds. The van der Waals surface area contributed by atoms with Crippen molar-refractivity contribution in [3.05, 3.63) is 52.1 Å². The van der Waals surface area contributed by atoms with Gasteiger partial charge in [0.1, 0.15) is 0 Å². The molecule has 0 saturated heterocycles. The Morgan fingerprint density at radius 2 is 2.08 bits per heavy atom. The monoisotopic (exact) mass is 376 g/mol. The number of anilines is 1. The molecule has 7 nitrogen and oxygen atoms in total. The van der Waals surface area contributed by atoms with Crippen LogP contribution in [0, 0.1) is 5.92 Å². The van der Waals surface area contributed by atoms with Gasteiger partial charge in [0.15, 0.2) is 5.82 Å². The van der Waals surface area contributed by atoms with E-state index in [1.54, 1.807) is 29.1 Å². The fraction of sp³-hybridized carbons (Fsp3) is 0.444. The highest BCUT2D eigenvalue weighted by molar-refractivity contribution is 7.89. The number of nitrogens with zero attached hydrogens (tertiary/aromatic N) is 3. The minimum Gasteiger partial charge on any atom is -0.347 e. The van der Waals surface area contributed by atoms with E-state index in [2.05, 4.69) is 23.6 Å². The highest BCUT2D eigenvalue weighted by atomic mass is 32.2. The first kappa shape index (κ1) is 18.6. The Morgan fingerprint density at radius 3 is 2.77 bits per heavy atom. The predicted molar refractivity (Wildman–Crippen MR) is 101 cm³/mol. The lowest BCUT2D eigenvalue weighted by Gasteiger charge is -2.30. The summed E-state index contributed by atoms with van der Waals surface area (Å²) in [4.78, 5) is 19.3. The van der Waals surface area contributed by atoms with Gasteiger partial charge in [0.2, 0.25) is 10.0 Å². The SMILES string of the molecule is CNS(=O)(=O)c1cccc2c1CCN(c1nccn(CC(C)C)c1=O)C2. The molecule has 26 heavy (non-hydrogen) atoms. The Balaban J connectivity index is 1.96. The van der Waals surface area contributed by atoms with Crippen molar-refractivity contribution in [2.45, 2.75) is 38.3 Å². The van der Waals surface area contributed by atoms with Crippen molar-refractivity contribution in [3.8, 4) is 0 Å². The molecule has 2 heterocycles. The number of aromatic nitrogens is 2. The predicted octanol–water partition coefficient (Wildman–Crippen LogP) is 1.37. The smallest absolute Gasteiger partial charge is 0.293 e. The summed E-state index contributed by atoms with van der Waals surface area (Å²) in [5.74, 6) is 0.778. The number of rotatable bonds is 5. The molecule has 0 unspecified atom stereocenters. The molecule has 0 saturated carbocycles. The Morgan fingerprint density at radius 1 is 1.31 bits per heavy atom. The zero-order chi connectivity index (χ0) is 18.9. The minimum absolute atomic E-state index is 0.108. The van der Waals surface area contributed by atoms with Crippen LogP contribution in [0.3, 0.4) is 0 Å². The Bertz CT molecular complexity index is 967. The summed E-state index contributed by atoms with van der Waals surface area (Å²) in [6, 6.07) is 5.27. The van der Waals surface area contributed by atoms with E-state index in [0.29, 0.717) is 42.7 Å². The molecule has 1 aromatic heterocycles. The van der Waals surface area contributed by atoms with E-state index in [0.717, 1.165) is 11.1 Å². The standard InChI is InChI=1S/C18H24N4O3S/c1-13(2)11-22-10-8-20-17(18(22)23)21-9-7-15-14(12-21)5-4-6-16(15)26(24,25)19-3/h4-6,8,10,13,19H,7,9,11-12H2,1-3H3. The third-order valence-electron chi connectivity index (χ3n) is 4.54. The summed E-state index contributed by atoms with van der Waals surface area (Å²) in [5, 5.41) is 0. The molecule has 1 aromatic carbocycles. The Kier molecular flexibility index (Phi) is 5.15. The number of hydrogen-bond donors (Lipinski definition) is 1. The summed E-state index contributed by atoms with van der Waals surface area (Å²) in [6.07, 6.45) is 3.91. The average Bonchev–Trinajstić information content (AvgIpc) is 2.62. The van der Waals surface area contributed by atoms with Gasteiger partial charge in [0.05, 0.1) is 4.90 Å². The normalized spacial score (nSPS) is 14.5. The maximum Gasteiger partial charge on any atom is 0.293 e. The van der Waals surface area contributed by atoms with Crippen LogP contribution in [0.1, 0.15) is 25.0 Å². The summed E-state index contributed by atoms with van der Waals surface area (Å²) in [6.45, 7) is 5.79. The summed E-state index contributed by atoms with van der Waals surface area (Å²) in [7, 11) is -2.09. The molecule has 8 heteroatoms. The van der Waals surface area contributed by atoms with Crippen LogP contribution in [0.2, 0.25) is 0 Å². The molecule has 0 radical (unpaired) electrons. The van der Waals surface area contributed by atoms with Crippen molar-refractivity contribution >= 4 is 15.8 Å². The molecule has 3 rings (SSSR count). The minimum atomic E-state index is -3.50. The van der Waals surface area contributed by atoms with Crippen LogP contribution in [0.5, 0.6) is 0 Å². The van der Waals surface area contributed by atoms with Crippen LogP contribution < -0.4 is 15.2 Å². The van der Waals surface area contributed by atoms with Crippen LogP contribution in [0.4, 0.5) is 5.82 Å². The first-order valence-corrected chi connectivity index (χ1v) is 10.2. The number of nitrogens with one attached hydrogen (secondary N) is 1. The quantitative estimate of drug-likeness (QED) is 0.852. The lowest BCUT2D eigenvalue weighted by molar-refractivity contribution is 0.507. The molecule has 0 spiro atoms. The molecule has 1 aliphatic heterocycles. The van der Waals surface area contributed by atoms with Crippen molar-refractivity contribution in [1.29, 1.82) is 0 Å². The second-order valence-electron chi connectivity index (χ2n) is 6.88. The third-order valence-corrected chi connectivity index (χ3v) is 6.04. The number of benzene rings is 1. The van der Waals surface area contributed by atoms with Crippen LogP contribution in [0.15, 0.2) is 40.3 Å². The van der Waals surface area contributed by atoms with E-state index in [1.807, 2.05) is 11.0 Å². The van der Waals surface area contributed by atoms with Gasteiger partial charge in [-0.3, -0.25) is 4.79 Å². The van der Waals surface area contributed by atoms with Crippen LogP contribution >= 0.6 is 0 Å². The van der Waals surface area contributed by atoms with E-state index in [1.165, 1.54) is 7.05 Å². The summed E-state index contributed by atoms with van der Waals surface area (Å²) >= 11 is 0. The van der Waals surface area contributed by atoms with Gasteiger partial charge in [-0.15, -0.1) is 0 Å². The van der Waals surface area contributed by atoms with Crippen LogP contribution in [0.25, 0.3) is 0 Å². The molecule has 2 aromatic rings. The first-order chi connectivity index (χ1) is 12.3. The highest BCUT2D eigenvalue weighted by Crippen LogP contribution is 2.27. The van der Waals surface area contributed by atoms with E-state index in [-0.39, 0.29) is 5.56 Å². The molecule has 0 fully saturated rings. The molecule has 140 valence electrons. The zero-order valence-electron chi connectivity index (χ0n) is 15.3. The maximum atomic E-state index is 12.7. The van der Waals surface area contributed by atoms with Crippen molar-refractivity contribution in [2.24, 2.45) is 5.92 Å². The second kappa shape index (κ2) is 7.20. The van der Waals surface area contributed by atoms with Crippen molar-refractivity contribution in [2.75, 3.05) is 18.5 Å². The number of hydrogen-bond acceptors (Lipinski definition) is 5. The molecule has 1 aliphatic rings. The Hall–Kier alpha value is -2.19. The maximum absolute atomic E-state index is 12.7. The van der Waals surface area contributed by atoms with Crippen molar-refractivity contribution < 1.29 is 8.42 Å². The van der Waals surface area contributed by atoms with E-state index >= 15 is 0 Å². The lowest BCUT2D eigenvalue weighted by Crippen LogP contribution is -2.38. The molecule has 0 aliphatic carbocycles. The summed E-state index contributed by atoms with van der Waals surface area (Å²) in [5.41, 5.74) is 1.62. The average molecular weight is 376 g/mol. The number of fused-ring (bicyclic) bond motifs is 1. The zero-order valence-corrected chi connectivity index (χ0v) is 16.1. The van der Waals surface area contributed by atoms with Gasteiger partial charge in [-0.05, 0) is 36.6 Å². The lowest BCUT2D eigenvalue weighted by atomic mass is 10.00. The van der Waals surface area contributed by atoms with E-state index in [4.69, 9.17) is 0 Å². The largest absolute Gasteiger partial charge is 0.347 e. The second-order valence-corrected chi connectivity index (χ2v) is 8.73. The van der Waals surface area contributed by atoms with Gasteiger partial charge in [0, 0.05) is 32.0 Å². The van der Waals surface area contributed by atoms with Crippen molar-refractivity contribution in [1.82, 2.24) is 14.3 Å². The van der Waals surface area contributed by atoms with E-state index < -0.39 is 10.0 Å². The Labute approximate surface area is 153 Å². The molecule has 0 atom stereocenters. The molecule has 1 N–H and O–H groups in total. The van der Waals surface area contributed by atoms with Gasteiger partial charge in [-0.1, -0.05) is 26.0 Å². The van der Waals surface area contributed by atoms with Gasteiger partial charge >= 0.3 is 0 Å². The molecule has 0 bridgehead atoms. The van der Waals surface area contributed by atoms with E-state index in [9.17, 15) is 13.2 Å². The van der Waals surface area contributed by atoms with Gasteiger partial charge in [-0.2, -0.15) is 0 Å². The number of sulfonamides is 1.